The van der Waals surface area contributed by atoms with Crippen LogP contribution in [-0.2, 0) is 16.4 Å². The summed E-state index contributed by atoms with van der Waals surface area (Å²) < 4.78 is 25.4. The molecule has 1 aromatic carbocycles. The van der Waals surface area contributed by atoms with Crippen molar-refractivity contribution in [1.29, 1.82) is 0 Å². The highest BCUT2D eigenvalue weighted by Crippen LogP contribution is 2.25. The Morgan fingerprint density at radius 3 is 2.90 bits per heavy atom. The zero-order valence-electron chi connectivity index (χ0n) is 10.9. The molecule has 2 heterocycles. The van der Waals surface area contributed by atoms with Crippen molar-refractivity contribution in [3.63, 3.8) is 0 Å². The lowest BCUT2D eigenvalue weighted by Gasteiger charge is -2.22. The quantitative estimate of drug-likeness (QED) is 0.865. The van der Waals surface area contributed by atoms with Crippen LogP contribution in [0.15, 0.2) is 23.0 Å². The maximum atomic E-state index is 12.1. The van der Waals surface area contributed by atoms with Crippen molar-refractivity contribution in [2.75, 3.05) is 5.75 Å². The summed E-state index contributed by atoms with van der Waals surface area (Å²) in [7, 11) is -3.15. The molecule has 1 aliphatic heterocycles. The Labute approximate surface area is 116 Å². The van der Waals surface area contributed by atoms with E-state index in [1.54, 1.807) is 12.1 Å². The first kappa shape index (κ1) is 13.2. The number of nitrogens with zero attached hydrogens (tertiary/aromatic N) is 1. The Bertz CT molecular complexity index is 803. The van der Waals surface area contributed by atoms with E-state index < -0.39 is 15.1 Å². The number of nitrogens with one attached hydrogen (secondary N) is 1. The molecule has 108 valence electrons. The number of aromatic hydroxyl groups is 1. The molecule has 0 radical (unpaired) electrons. The number of H-pyrrole nitrogens is 1. The van der Waals surface area contributed by atoms with Crippen LogP contribution in [0.3, 0.4) is 0 Å². The first-order valence-corrected chi connectivity index (χ1v) is 8.32. The molecule has 6 nitrogen and oxygen atoms in total. The van der Waals surface area contributed by atoms with E-state index in [1.807, 2.05) is 0 Å². The molecule has 0 saturated carbocycles. The normalized spacial score (nSPS) is 22.1. The van der Waals surface area contributed by atoms with Crippen LogP contribution in [0, 0.1) is 0 Å². The van der Waals surface area contributed by atoms with Gasteiger partial charge in [0.2, 0.25) is 0 Å². The van der Waals surface area contributed by atoms with Gasteiger partial charge < -0.3 is 10.1 Å². The van der Waals surface area contributed by atoms with Gasteiger partial charge in [-0.3, -0.25) is 4.57 Å². The highest BCUT2D eigenvalue weighted by molar-refractivity contribution is 7.92. The first-order chi connectivity index (χ1) is 9.49. The van der Waals surface area contributed by atoms with Gasteiger partial charge in [-0.15, -0.1) is 0 Å². The number of benzene rings is 1. The molecule has 0 spiro atoms. The summed E-state index contributed by atoms with van der Waals surface area (Å²) in [5.41, 5.74) is 0.503. The minimum absolute atomic E-state index is 0.0194. The smallest absolute Gasteiger partial charge is 0.326 e. The number of sulfone groups is 1. The predicted octanol–water partition coefficient (Wildman–Crippen LogP) is 1.00. The van der Waals surface area contributed by atoms with Gasteiger partial charge in [0.25, 0.3) is 0 Å². The Morgan fingerprint density at radius 1 is 1.35 bits per heavy atom. The van der Waals surface area contributed by atoms with Gasteiger partial charge in [-0.2, -0.15) is 0 Å². The molecule has 1 atom stereocenters. The van der Waals surface area contributed by atoms with E-state index in [9.17, 15) is 18.3 Å². The number of aromatic amines is 1. The minimum atomic E-state index is -3.15. The summed E-state index contributed by atoms with van der Waals surface area (Å²) in [6.07, 6.45) is 2.11. The molecule has 1 unspecified atom stereocenters. The van der Waals surface area contributed by atoms with E-state index in [4.69, 9.17) is 0 Å². The summed E-state index contributed by atoms with van der Waals surface area (Å²) in [5.74, 6) is 0.162. The van der Waals surface area contributed by atoms with E-state index in [0.717, 1.165) is 6.42 Å². The third kappa shape index (κ3) is 2.11. The molecule has 7 heteroatoms. The molecule has 1 aliphatic rings. The number of fused-ring (bicyclic) bond motifs is 1. The van der Waals surface area contributed by atoms with Gasteiger partial charge in [0, 0.05) is 6.54 Å². The third-order valence-corrected chi connectivity index (χ3v) is 6.13. The van der Waals surface area contributed by atoms with Crippen LogP contribution in [-0.4, -0.2) is 34.1 Å². The fourth-order valence-electron chi connectivity index (χ4n) is 2.80. The molecule has 2 aromatic rings. The van der Waals surface area contributed by atoms with Gasteiger partial charge in [-0.1, -0.05) is 12.5 Å². The van der Waals surface area contributed by atoms with Crippen molar-refractivity contribution >= 4 is 20.9 Å². The van der Waals surface area contributed by atoms with Crippen LogP contribution in [0.5, 0.6) is 5.75 Å². The number of imidazole rings is 1. The molecule has 2 N–H and O–H groups in total. The van der Waals surface area contributed by atoms with E-state index in [0.29, 0.717) is 23.9 Å². The molecule has 0 aliphatic carbocycles. The fourth-order valence-corrected chi connectivity index (χ4v) is 4.65. The molecule has 0 amide bonds. The maximum Gasteiger partial charge on any atom is 0.326 e. The summed E-state index contributed by atoms with van der Waals surface area (Å²) in [5, 5.41) is 9.35. The molecular weight excluding hydrogens is 280 g/mol. The first-order valence-electron chi connectivity index (χ1n) is 6.61. The number of hydrogen-bond donors (Lipinski definition) is 2. The van der Waals surface area contributed by atoms with Crippen LogP contribution < -0.4 is 5.69 Å². The number of rotatable bonds is 2. The Hall–Kier alpha value is -1.76. The number of phenols is 1. The number of aromatic nitrogens is 2. The third-order valence-electron chi connectivity index (χ3n) is 3.87. The zero-order valence-corrected chi connectivity index (χ0v) is 11.7. The maximum absolute atomic E-state index is 12.1. The largest absolute Gasteiger partial charge is 0.506 e. The molecule has 20 heavy (non-hydrogen) atoms. The van der Waals surface area contributed by atoms with Gasteiger partial charge in [0.1, 0.15) is 11.3 Å². The SMILES string of the molecule is O=c1[nH]c2cccc(O)c2n1CC1CCCCS1(=O)=O. The van der Waals surface area contributed by atoms with Crippen molar-refractivity contribution in [3.8, 4) is 5.75 Å². The van der Waals surface area contributed by atoms with Crippen molar-refractivity contribution in [2.45, 2.75) is 31.1 Å². The molecule has 0 bridgehead atoms. The van der Waals surface area contributed by atoms with Crippen LogP contribution in [0.25, 0.3) is 11.0 Å². The second kappa shape index (κ2) is 4.66. The van der Waals surface area contributed by atoms with Crippen LogP contribution in [0.1, 0.15) is 19.3 Å². The molecular formula is C13H16N2O4S. The minimum Gasteiger partial charge on any atom is -0.506 e. The summed E-state index contributed by atoms with van der Waals surface area (Å²) in [4.78, 5) is 14.6. The zero-order chi connectivity index (χ0) is 14.3. The van der Waals surface area contributed by atoms with E-state index in [-0.39, 0.29) is 23.7 Å². The Morgan fingerprint density at radius 2 is 2.15 bits per heavy atom. The van der Waals surface area contributed by atoms with Gasteiger partial charge >= 0.3 is 5.69 Å². The van der Waals surface area contributed by atoms with Crippen LogP contribution >= 0.6 is 0 Å². The summed E-state index contributed by atoms with van der Waals surface area (Å²) >= 11 is 0. The summed E-state index contributed by atoms with van der Waals surface area (Å²) in [6.45, 7) is 0.0960. The van der Waals surface area contributed by atoms with Gasteiger partial charge in [0.15, 0.2) is 9.84 Å². The van der Waals surface area contributed by atoms with E-state index in [1.165, 1.54) is 10.6 Å². The lowest BCUT2D eigenvalue weighted by atomic mass is 10.2. The van der Waals surface area contributed by atoms with Crippen molar-refractivity contribution in [2.24, 2.45) is 0 Å². The Balaban J connectivity index is 2.07. The van der Waals surface area contributed by atoms with Crippen LogP contribution in [0.4, 0.5) is 0 Å². The van der Waals surface area contributed by atoms with Gasteiger partial charge in [-0.25, -0.2) is 13.2 Å². The van der Waals surface area contributed by atoms with Crippen molar-refractivity contribution in [1.82, 2.24) is 9.55 Å². The highest BCUT2D eigenvalue weighted by atomic mass is 32.2. The lowest BCUT2D eigenvalue weighted by molar-refractivity contribution is 0.472. The average molecular weight is 296 g/mol. The highest BCUT2D eigenvalue weighted by Gasteiger charge is 2.30. The van der Waals surface area contributed by atoms with Crippen molar-refractivity contribution in [3.05, 3.63) is 28.7 Å². The predicted molar refractivity (Wildman–Crippen MR) is 75.6 cm³/mol. The second-order valence-corrected chi connectivity index (χ2v) is 7.60. The van der Waals surface area contributed by atoms with Crippen LogP contribution in [0.2, 0.25) is 0 Å². The molecule has 3 rings (SSSR count). The standard InChI is InChI=1S/C13H16N2O4S/c16-11-6-3-5-10-12(11)15(13(17)14-10)8-9-4-1-2-7-20(9,18)19/h3,5-6,9,16H,1-2,4,7-8H2,(H,14,17). The number of phenolic OH excluding ortho intramolecular Hbond substituents is 1. The Kier molecular flexibility index (Phi) is 3.08. The fraction of sp³-hybridized carbons (Fsp3) is 0.462. The van der Waals surface area contributed by atoms with Gasteiger partial charge in [0.05, 0.1) is 16.5 Å². The lowest BCUT2D eigenvalue weighted by Crippen LogP contribution is -2.35. The van der Waals surface area contributed by atoms with Crippen molar-refractivity contribution < 1.29 is 13.5 Å². The summed E-state index contributed by atoms with van der Waals surface area (Å²) in [6, 6.07) is 4.80. The van der Waals surface area contributed by atoms with Gasteiger partial charge in [-0.05, 0) is 25.0 Å². The monoisotopic (exact) mass is 296 g/mol. The molecule has 1 fully saturated rings. The van der Waals surface area contributed by atoms with E-state index in [2.05, 4.69) is 4.98 Å². The van der Waals surface area contributed by atoms with E-state index >= 15 is 0 Å². The second-order valence-electron chi connectivity index (χ2n) is 5.20. The molecule has 1 aromatic heterocycles. The number of hydrogen-bond acceptors (Lipinski definition) is 4. The number of para-hydroxylation sites is 1. The topological polar surface area (TPSA) is 92.2 Å². The average Bonchev–Trinajstić information content (AvgIpc) is 2.69. The molecule has 1 saturated heterocycles.